The van der Waals surface area contributed by atoms with Crippen molar-refractivity contribution in [2.24, 2.45) is 5.73 Å². The van der Waals surface area contributed by atoms with Gasteiger partial charge in [0.25, 0.3) is 0 Å². The van der Waals surface area contributed by atoms with Crippen LogP contribution in [0.25, 0.3) is 0 Å². The van der Waals surface area contributed by atoms with E-state index in [9.17, 15) is 0 Å². The molecule has 2 nitrogen and oxygen atoms in total. The van der Waals surface area contributed by atoms with Crippen molar-refractivity contribution in [2.75, 3.05) is 7.11 Å². The highest BCUT2D eigenvalue weighted by Gasteiger charge is 2.16. The first-order chi connectivity index (χ1) is 10.0. The number of methoxy groups -OCH3 is 1. The van der Waals surface area contributed by atoms with Gasteiger partial charge in [0.15, 0.2) is 0 Å². The predicted octanol–water partition coefficient (Wildman–Crippen LogP) is 4.49. The van der Waals surface area contributed by atoms with Crippen molar-refractivity contribution in [3.05, 3.63) is 59.2 Å². The molecule has 0 radical (unpaired) electrons. The Kier molecular flexibility index (Phi) is 5.32. The second kappa shape index (κ2) is 7.01. The molecule has 0 bridgehead atoms. The molecule has 3 heteroatoms. The molecule has 0 aromatic heterocycles. The van der Waals surface area contributed by atoms with Gasteiger partial charge in [-0.2, -0.15) is 0 Å². The Morgan fingerprint density at radius 1 is 1.00 bits per heavy atom. The summed E-state index contributed by atoms with van der Waals surface area (Å²) in [6, 6.07) is 14.6. The van der Waals surface area contributed by atoms with E-state index in [-0.39, 0.29) is 6.04 Å². The van der Waals surface area contributed by atoms with Gasteiger partial charge in [-0.25, -0.2) is 0 Å². The second-order valence-electron chi connectivity index (χ2n) is 5.37. The first kappa shape index (κ1) is 15.9. The molecule has 112 valence electrons. The van der Waals surface area contributed by atoms with E-state index in [1.54, 1.807) is 7.11 Å². The SMILES string of the molecule is COc1ccc(C(N)C(C)Sc2ccc(C)c(C)c2)cc1. The van der Waals surface area contributed by atoms with Crippen molar-refractivity contribution in [2.45, 2.75) is 37.0 Å². The van der Waals surface area contributed by atoms with E-state index in [1.165, 1.54) is 16.0 Å². The zero-order valence-electron chi connectivity index (χ0n) is 13.1. The molecule has 2 unspecified atom stereocenters. The Morgan fingerprint density at radius 3 is 2.24 bits per heavy atom. The van der Waals surface area contributed by atoms with E-state index in [2.05, 4.69) is 39.0 Å². The van der Waals surface area contributed by atoms with Crippen molar-refractivity contribution >= 4 is 11.8 Å². The van der Waals surface area contributed by atoms with Gasteiger partial charge >= 0.3 is 0 Å². The molecule has 0 aliphatic heterocycles. The monoisotopic (exact) mass is 301 g/mol. The summed E-state index contributed by atoms with van der Waals surface area (Å²) in [7, 11) is 1.67. The van der Waals surface area contributed by atoms with Crippen molar-refractivity contribution in [3.63, 3.8) is 0 Å². The van der Waals surface area contributed by atoms with Gasteiger partial charge in [-0.05, 0) is 54.8 Å². The number of ether oxygens (including phenoxy) is 1. The van der Waals surface area contributed by atoms with E-state index in [0.29, 0.717) is 5.25 Å². The third-order valence-electron chi connectivity index (χ3n) is 3.81. The van der Waals surface area contributed by atoms with Gasteiger partial charge in [-0.1, -0.05) is 25.1 Å². The molecular weight excluding hydrogens is 278 g/mol. The van der Waals surface area contributed by atoms with E-state index in [4.69, 9.17) is 10.5 Å². The maximum absolute atomic E-state index is 6.38. The largest absolute Gasteiger partial charge is 0.497 e. The number of hydrogen-bond acceptors (Lipinski definition) is 3. The van der Waals surface area contributed by atoms with E-state index < -0.39 is 0 Å². The molecule has 0 heterocycles. The Labute approximate surface area is 131 Å². The molecular formula is C18H23NOS. The summed E-state index contributed by atoms with van der Waals surface area (Å²) < 4.78 is 5.18. The maximum Gasteiger partial charge on any atom is 0.118 e. The van der Waals surface area contributed by atoms with Gasteiger partial charge < -0.3 is 10.5 Å². The highest BCUT2D eigenvalue weighted by atomic mass is 32.2. The Morgan fingerprint density at radius 2 is 1.67 bits per heavy atom. The lowest BCUT2D eigenvalue weighted by atomic mass is 10.1. The van der Waals surface area contributed by atoms with Crippen molar-refractivity contribution in [1.29, 1.82) is 0 Å². The van der Waals surface area contributed by atoms with Crippen molar-refractivity contribution < 1.29 is 4.74 Å². The Hall–Kier alpha value is -1.45. The third-order valence-corrected chi connectivity index (χ3v) is 5.00. The number of hydrogen-bond donors (Lipinski definition) is 1. The number of aryl methyl sites for hydroxylation is 2. The summed E-state index contributed by atoms with van der Waals surface area (Å²) in [5, 5.41) is 0.306. The minimum atomic E-state index is 0.00233. The first-order valence-corrected chi connectivity index (χ1v) is 8.02. The van der Waals surface area contributed by atoms with Crippen LogP contribution in [-0.2, 0) is 0 Å². The Bertz CT molecular complexity index is 595. The molecule has 0 saturated heterocycles. The zero-order valence-corrected chi connectivity index (χ0v) is 13.9. The summed E-state index contributed by atoms with van der Waals surface area (Å²) in [5.41, 5.74) is 10.2. The average molecular weight is 301 g/mol. The minimum absolute atomic E-state index is 0.00233. The highest BCUT2D eigenvalue weighted by molar-refractivity contribution is 8.00. The number of thioether (sulfide) groups is 1. The summed E-state index contributed by atoms with van der Waals surface area (Å²) in [6.45, 7) is 6.46. The predicted molar refractivity (Wildman–Crippen MR) is 91.2 cm³/mol. The summed E-state index contributed by atoms with van der Waals surface area (Å²) in [5.74, 6) is 0.861. The third kappa shape index (κ3) is 4.02. The molecule has 0 amide bonds. The average Bonchev–Trinajstić information content (AvgIpc) is 2.50. The molecule has 0 saturated carbocycles. The standard InChI is InChI=1S/C18H23NOS/c1-12-5-10-17(11-13(12)2)21-14(3)18(19)15-6-8-16(20-4)9-7-15/h5-11,14,18H,19H2,1-4H3. The summed E-state index contributed by atoms with van der Waals surface area (Å²) in [4.78, 5) is 1.27. The molecule has 0 aliphatic carbocycles. The lowest BCUT2D eigenvalue weighted by Crippen LogP contribution is -2.20. The van der Waals surface area contributed by atoms with Crippen molar-refractivity contribution in [1.82, 2.24) is 0 Å². The van der Waals surface area contributed by atoms with Gasteiger partial charge in [-0.15, -0.1) is 11.8 Å². The smallest absolute Gasteiger partial charge is 0.118 e. The van der Waals surface area contributed by atoms with Gasteiger partial charge in [0.05, 0.1) is 7.11 Å². The summed E-state index contributed by atoms with van der Waals surface area (Å²) in [6.07, 6.45) is 0. The van der Waals surface area contributed by atoms with Gasteiger partial charge in [-0.3, -0.25) is 0 Å². The van der Waals surface area contributed by atoms with Crippen LogP contribution in [0.15, 0.2) is 47.4 Å². The van der Waals surface area contributed by atoms with E-state index in [0.717, 1.165) is 11.3 Å². The van der Waals surface area contributed by atoms with Crippen LogP contribution in [0.4, 0.5) is 0 Å². The molecule has 2 aromatic carbocycles. The van der Waals surface area contributed by atoms with E-state index in [1.807, 2.05) is 36.0 Å². The fourth-order valence-corrected chi connectivity index (χ4v) is 3.30. The van der Waals surface area contributed by atoms with Crippen LogP contribution in [-0.4, -0.2) is 12.4 Å². The van der Waals surface area contributed by atoms with Crippen LogP contribution in [0.2, 0.25) is 0 Å². The fraction of sp³-hybridized carbons (Fsp3) is 0.333. The molecule has 2 rings (SSSR count). The minimum Gasteiger partial charge on any atom is -0.497 e. The number of rotatable bonds is 5. The van der Waals surface area contributed by atoms with Crippen LogP contribution < -0.4 is 10.5 Å². The molecule has 0 spiro atoms. The highest BCUT2D eigenvalue weighted by Crippen LogP contribution is 2.32. The first-order valence-electron chi connectivity index (χ1n) is 7.14. The number of benzene rings is 2. The fourth-order valence-electron chi connectivity index (χ4n) is 2.17. The van der Waals surface area contributed by atoms with Gasteiger partial charge in [0, 0.05) is 16.2 Å². The second-order valence-corrected chi connectivity index (χ2v) is 6.82. The van der Waals surface area contributed by atoms with E-state index >= 15 is 0 Å². The molecule has 2 atom stereocenters. The molecule has 0 aliphatic rings. The quantitative estimate of drug-likeness (QED) is 0.826. The number of nitrogens with two attached hydrogens (primary N) is 1. The van der Waals surface area contributed by atoms with Crippen LogP contribution in [0.5, 0.6) is 5.75 Å². The van der Waals surface area contributed by atoms with Crippen LogP contribution in [0, 0.1) is 13.8 Å². The van der Waals surface area contributed by atoms with Gasteiger partial charge in [0.2, 0.25) is 0 Å². The molecule has 0 fully saturated rings. The van der Waals surface area contributed by atoms with Crippen LogP contribution in [0.3, 0.4) is 0 Å². The van der Waals surface area contributed by atoms with Crippen LogP contribution >= 0.6 is 11.8 Å². The summed E-state index contributed by atoms with van der Waals surface area (Å²) >= 11 is 1.82. The maximum atomic E-state index is 6.38. The molecule has 2 N–H and O–H groups in total. The topological polar surface area (TPSA) is 35.2 Å². The zero-order chi connectivity index (χ0) is 15.4. The van der Waals surface area contributed by atoms with Crippen LogP contribution in [0.1, 0.15) is 29.7 Å². The molecule has 21 heavy (non-hydrogen) atoms. The normalized spacial score (nSPS) is 13.8. The Balaban J connectivity index is 2.07. The van der Waals surface area contributed by atoms with Gasteiger partial charge in [0.1, 0.15) is 5.75 Å². The molecule has 2 aromatic rings. The lowest BCUT2D eigenvalue weighted by Gasteiger charge is -2.20. The van der Waals surface area contributed by atoms with Crippen molar-refractivity contribution in [3.8, 4) is 5.75 Å². The lowest BCUT2D eigenvalue weighted by molar-refractivity contribution is 0.414.